The van der Waals surface area contributed by atoms with Crippen molar-refractivity contribution in [2.75, 3.05) is 11.9 Å². The molecule has 1 N–H and O–H groups in total. The number of hydrogen-bond acceptors (Lipinski definition) is 6. The van der Waals surface area contributed by atoms with Crippen LogP contribution in [0, 0.1) is 0 Å². The van der Waals surface area contributed by atoms with Gasteiger partial charge in [-0.2, -0.15) is 8.78 Å². The van der Waals surface area contributed by atoms with E-state index in [1.165, 1.54) is 16.7 Å². The number of halogens is 2. The molecule has 162 valence electrons. The molecule has 0 fully saturated rings. The Hall–Kier alpha value is -3.27. The van der Waals surface area contributed by atoms with Gasteiger partial charge in [-0.05, 0) is 24.3 Å². The highest BCUT2D eigenvalue weighted by molar-refractivity contribution is 7.99. The molecule has 0 saturated carbocycles. The van der Waals surface area contributed by atoms with E-state index in [9.17, 15) is 23.2 Å². The van der Waals surface area contributed by atoms with Crippen LogP contribution in [0.3, 0.4) is 0 Å². The molecule has 0 aliphatic carbocycles. The molecule has 0 aliphatic heterocycles. The van der Waals surface area contributed by atoms with Crippen LogP contribution in [-0.4, -0.2) is 33.8 Å². The first-order chi connectivity index (χ1) is 14.8. The number of nitrogens with one attached hydrogen (secondary N) is 1. The molecular formula is C21H19F2N3O4S. The van der Waals surface area contributed by atoms with Crippen molar-refractivity contribution in [2.45, 2.75) is 23.5 Å². The fraction of sp³-hybridized carbons (Fsp3) is 0.238. The van der Waals surface area contributed by atoms with Gasteiger partial charge >= 0.3 is 5.97 Å². The van der Waals surface area contributed by atoms with Gasteiger partial charge in [0, 0.05) is 18.4 Å². The Kier molecular flexibility index (Phi) is 7.35. The molecule has 31 heavy (non-hydrogen) atoms. The van der Waals surface area contributed by atoms with Gasteiger partial charge in [0.25, 0.3) is 17.2 Å². The fourth-order valence-electron chi connectivity index (χ4n) is 2.87. The Labute approximate surface area is 180 Å². The number of aromatic nitrogens is 2. The molecule has 1 amide bonds. The third-order valence-electron chi connectivity index (χ3n) is 4.37. The first-order valence-electron chi connectivity index (χ1n) is 9.29. The molecule has 0 unspecified atom stereocenters. The summed E-state index contributed by atoms with van der Waals surface area (Å²) < 4.78 is 31.6. The molecule has 10 heteroatoms. The molecule has 0 aliphatic rings. The number of thioether (sulfide) groups is 1. The number of fused-ring (bicyclic) bond motifs is 1. The second-order valence-electron chi connectivity index (χ2n) is 6.49. The minimum absolute atomic E-state index is 0.0796. The lowest BCUT2D eigenvalue weighted by Crippen LogP contribution is -2.24. The molecule has 0 atom stereocenters. The zero-order chi connectivity index (χ0) is 22.4. The van der Waals surface area contributed by atoms with E-state index >= 15 is 0 Å². The number of benzene rings is 2. The van der Waals surface area contributed by atoms with Crippen LogP contribution in [0.4, 0.5) is 14.5 Å². The topological polar surface area (TPSA) is 90.3 Å². The summed E-state index contributed by atoms with van der Waals surface area (Å²) in [6, 6.07) is 13.0. The van der Waals surface area contributed by atoms with E-state index < -0.39 is 24.2 Å². The van der Waals surface area contributed by atoms with E-state index in [0.29, 0.717) is 28.5 Å². The maximum Gasteiger partial charge on any atom is 0.306 e. The van der Waals surface area contributed by atoms with Crippen molar-refractivity contribution in [1.82, 2.24) is 9.55 Å². The molecule has 2 aromatic carbocycles. The van der Waals surface area contributed by atoms with Gasteiger partial charge in [0.05, 0.1) is 23.0 Å². The van der Waals surface area contributed by atoms with Crippen molar-refractivity contribution in [3.63, 3.8) is 0 Å². The number of carbonyl (C=O) groups excluding carboxylic acids is 2. The number of hydrogen-bond donors (Lipinski definition) is 1. The highest BCUT2D eigenvalue weighted by atomic mass is 32.2. The fourth-order valence-corrected chi connectivity index (χ4v) is 3.47. The van der Waals surface area contributed by atoms with Crippen LogP contribution >= 0.6 is 11.8 Å². The van der Waals surface area contributed by atoms with Crippen molar-refractivity contribution in [3.05, 3.63) is 64.7 Å². The average Bonchev–Trinajstić information content (AvgIpc) is 2.75. The normalized spacial score (nSPS) is 11.0. The number of carbonyl (C=O) groups is 2. The van der Waals surface area contributed by atoms with Crippen LogP contribution < -0.4 is 10.9 Å². The molecule has 3 rings (SSSR count). The quantitative estimate of drug-likeness (QED) is 0.421. The van der Waals surface area contributed by atoms with Gasteiger partial charge in [0.1, 0.15) is 5.82 Å². The van der Waals surface area contributed by atoms with Gasteiger partial charge < -0.3 is 10.1 Å². The Balaban J connectivity index is 1.54. The summed E-state index contributed by atoms with van der Waals surface area (Å²) in [7, 11) is 1.57. The molecular weight excluding hydrogens is 428 g/mol. The summed E-state index contributed by atoms with van der Waals surface area (Å²) in [5, 5.41) is 2.94. The minimum Gasteiger partial charge on any atom is -0.456 e. The van der Waals surface area contributed by atoms with Crippen molar-refractivity contribution < 1.29 is 23.1 Å². The van der Waals surface area contributed by atoms with Crippen LogP contribution in [-0.2, 0) is 27.8 Å². The summed E-state index contributed by atoms with van der Waals surface area (Å²) in [6.07, 6.45) is 0.0780. The number of anilines is 1. The van der Waals surface area contributed by atoms with E-state index in [1.807, 2.05) is 0 Å². The zero-order valence-electron chi connectivity index (χ0n) is 16.5. The van der Waals surface area contributed by atoms with Crippen molar-refractivity contribution in [2.24, 2.45) is 7.05 Å². The van der Waals surface area contributed by atoms with E-state index in [-0.39, 0.29) is 29.0 Å². The lowest BCUT2D eigenvalue weighted by atomic mass is 10.2. The van der Waals surface area contributed by atoms with Crippen LogP contribution in [0.15, 0.2) is 58.2 Å². The molecule has 0 radical (unpaired) electrons. The van der Waals surface area contributed by atoms with Crippen LogP contribution in [0.2, 0.25) is 0 Å². The molecule has 0 bridgehead atoms. The van der Waals surface area contributed by atoms with Gasteiger partial charge in [-0.25, -0.2) is 4.98 Å². The third-order valence-corrected chi connectivity index (χ3v) is 5.16. The molecule has 7 nitrogen and oxygen atoms in total. The summed E-state index contributed by atoms with van der Waals surface area (Å²) in [4.78, 5) is 41.1. The minimum atomic E-state index is -2.63. The van der Waals surface area contributed by atoms with E-state index in [2.05, 4.69) is 10.3 Å². The number of esters is 1. The second-order valence-corrected chi connectivity index (χ2v) is 7.52. The molecule has 1 heterocycles. The van der Waals surface area contributed by atoms with Crippen molar-refractivity contribution >= 4 is 40.2 Å². The first kappa shape index (κ1) is 22.4. The van der Waals surface area contributed by atoms with Gasteiger partial charge in [0.15, 0.2) is 6.61 Å². The number of para-hydroxylation sites is 2. The Morgan fingerprint density at radius 2 is 1.87 bits per heavy atom. The highest BCUT2D eigenvalue weighted by Crippen LogP contribution is 2.31. The van der Waals surface area contributed by atoms with Gasteiger partial charge in [-0.1, -0.05) is 36.0 Å². The average molecular weight is 447 g/mol. The summed E-state index contributed by atoms with van der Waals surface area (Å²) in [5.74, 6) is -3.50. The van der Waals surface area contributed by atoms with Crippen LogP contribution in [0.1, 0.15) is 12.2 Å². The van der Waals surface area contributed by atoms with Crippen LogP contribution in [0.5, 0.6) is 0 Å². The van der Waals surface area contributed by atoms with Crippen molar-refractivity contribution in [1.29, 1.82) is 0 Å². The smallest absolute Gasteiger partial charge is 0.306 e. The molecule has 1 aromatic heterocycles. The summed E-state index contributed by atoms with van der Waals surface area (Å²) in [6.45, 7) is -0.559. The Bertz CT molecular complexity index is 1170. The standard InChI is InChI=1S/C21H19F2N3O4S/c1-26-17(24-14-7-3-2-6-13(14)20(26)29)10-11-19(28)30-12-18(27)25-15-8-4-5-9-16(15)31-21(22)23/h2-9,21H,10-12H2,1H3,(H,25,27). The maximum absolute atomic E-state index is 12.6. The number of aryl methyl sites for hydroxylation is 1. The molecule has 0 spiro atoms. The number of amides is 1. The van der Waals surface area contributed by atoms with Gasteiger partial charge in [-0.3, -0.25) is 19.0 Å². The second kappa shape index (κ2) is 10.2. The SMILES string of the molecule is Cn1c(CCC(=O)OCC(=O)Nc2ccccc2SC(F)F)nc2ccccc2c1=O. The summed E-state index contributed by atoms with van der Waals surface area (Å²) in [5.41, 5.74) is 0.534. The van der Waals surface area contributed by atoms with Gasteiger partial charge in [0.2, 0.25) is 0 Å². The Morgan fingerprint density at radius 3 is 2.65 bits per heavy atom. The number of ether oxygens (including phenoxy) is 1. The number of rotatable bonds is 8. The first-order valence-corrected chi connectivity index (χ1v) is 10.2. The van der Waals surface area contributed by atoms with Crippen LogP contribution in [0.25, 0.3) is 10.9 Å². The number of nitrogens with zero attached hydrogens (tertiary/aromatic N) is 2. The van der Waals surface area contributed by atoms with E-state index in [0.717, 1.165) is 0 Å². The van der Waals surface area contributed by atoms with E-state index in [4.69, 9.17) is 4.74 Å². The highest BCUT2D eigenvalue weighted by Gasteiger charge is 2.14. The third kappa shape index (κ3) is 5.88. The zero-order valence-corrected chi connectivity index (χ0v) is 17.3. The molecule has 0 saturated heterocycles. The lowest BCUT2D eigenvalue weighted by Gasteiger charge is -2.11. The maximum atomic E-state index is 12.6. The monoisotopic (exact) mass is 447 g/mol. The predicted molar refractivity (Wildman–Crippen MR) is 113 cm³/mol. The number of alkyl halides is 2. The lowest BCUT2D eigenvalue weighted by molar-refractivity contribution is -0.147. The predicted octanol–water partition coefficient (Wildman–Crippen LogP) is 3.36. The Morgan fingerprint density at radius 1 is 1.16 bits per heavy atom. The van der Waals surface area contributed by atoms with Gasteiger partial charge in [-0.15, -0.1) is 0 Å². The molecule has 3 aromatic rings. The largest absolute Gasteiger partial charge is 0.456 e. The van der Waals surface area contributed by atoms with E-state index in [1.54, 1.807) is 43.4 Å². The summed E-state index contributed by atoms with van der Waals surface area (Å²) >= 11 is 0.310. The van der Waals surface area contributed by atoms with Crippen molar-refractivity contribution in [3.8, 4) is 0 Å².